The van der Waals surface area contributed by atoms with Crippen LogP contribution in [0.1, 0.15) is 21.6 Å². The van der Waals surface area contributed by atoms with Gasteiger partial charge in [0.2, 0.25) is 0 Å². The van der Waals surface area contributed by atoms with E-state index >= 15 is 0 Å². The molecule has 122 valence electrons. The summed E-state index contributed by atoms with van der Waals surface area (Å²) in [7, 11) is 3.87. The third-order valence-corrected chi connectivity index (χ3v) is 3.96. The predicted molar refractivity (Wildman–Crippen MR) is 95.3 cm³/mol. The predicted octanol–water partition coefficient (Wildman–Crippen LogP) is 2.77. The van der Waals surface area contributed by atoms with Crippen LogP contribution in [0.25, 0.3) is 5.69 Å². The fourth-order valence-corrected chi connectivity index (χ4v) is 2.63. The van der Waals surface area contributed by atoms with Crippen LogP contribution in [-0.2, 0) is 0 Å². The first kappa shape index (κ1) is 15.8. The number of nitrogens with one attached hydrogen (secondary N) is 1. The smallest absolute Gasteiger partial charge is 0.282 e. The molecule has 0 aliphatic rings. The number of para-hydroxylation sites is 1. The molecule has 5 nitrogen and oxygen atoms in total. The summed E-state index contributed by atoms with van der Waals surface area (Å²) in [5.74, 6) is -0.270. The second kappa shape index (κ2) is 6.20. The van der Waals surface area contributed by atoms with Crippen LogP contribution in [0.2, 0.25) is 0 Å². The lowest BCUT2D eigenvalue weighted by atomic mass is 10.0. The van der Waals surface area contributed by atoms with E-state index in [9.17, 15) is 9.59 Å². The van der Waals surface area contributed by atoms with Gasteiger partial charge in [0.25, 0.3) is 5.56 Å². The number of aromatic nitrogens is 2. The van der Waals surface area contributed by atoms with E-state index in [4.69, 9.17) is 0 Å². The van der Waals surface area contributed by atoms with E-state index in [2.05, 4.69) is 5.10 Å². The highest BCUT2D eigenvalue weighted by Crippen LogP contribution is 2.16. The zero-order valence-electron chi connectivity index (χ0n) is 13.9. The molecule has 3 aromatic rings. The first-order valence-electron chi connectivity index (χ1n) is 7.68. The average Bonchev–Trinajstić information content (AvgIpc) is 2.89. The van der Waals surface area contributed by atoms with Crippen molar-refractivity contribution in [3.63, 3.8) is 0 Å². The Morgan fingerprint density at radius 2 is 1.62 bits per heavy atom. The largest absolute Gasteiger partial charge is 0.378 e. The molecule has 0 saturated carbocycles. The van der Waals surface area contributed by atoms with Crippen LogP contribution in [0.15, 0.2) is 59.4 Å². The molecular formula is C19H19N3O2. The van der Waals surface area contributed by atoms with Gasteiger partial charge in [0.05, 0.1) is 5.69 Å². The Hall–Kier alpha value is -3.08. The van der Waals surface area contributed by atoms with Crippen molar-refractivity contribution in [2.75, 3.05) is 19.0 Å². The number of H-pyrrole nitrogens is 1. The number of carbonyl (C=O) groups is 1. The molecule has 0 saturated heterocycles. The zero-order valence-corrected chi connectivity index (χ0v) is 13.9. The molecule has 0 unspecified atom stereocenters. The lowest BCUT2D eigenvalue weighted by Crippen LogP contribution is -2.21. The average molecular weight is 321 g/mol. The summed E-state index contributed by atoms with van der Waals surface area (Å²) < 4.78 is 1.40. The van der Waals surface area contributed by atoms with E-state index in [1.54, 1.807) is 19.1 Å². The maximum Gasteiger partial charge on any atom is 0.282 e. The number of nitrogens with zero attached hydrogens (tertiary/aromatic N) is 2. The molecule has 1 heterocycles. The highest BCUT2D eigenvalue weighted by Gasteiger charge is 2.20. The molecule has 1 aromatic heterocycles. The van der Waals surface area contributed by atoms with Crippen LogP contribution in [0.3, 0.4) is 0 Å². The number of hydrogen-bond donors (Lipinski definition) is 1. The number of benzene rings is 2. The minimum absolute atomic E-state index is 0.177. The summed E-state index contributed by atoms with van der Waals surface area (Å²) in [6, 6.07) is 16.4. The van der Waals surface area contributed by atoms with Crippen molar-refractivity contribution in [2.24, 2.45) is 0 Å². The normalized spacial score (nSPS) is 10.6. The Morgan fingerprint density at radius 3 is 2.21 bits per heavy atom. The molecule has 0 amide bonds. The molecule has 0 radical (unpaired) electrons. The van der Waals surface area contributed by atoms with Gasteiger partial charge in [-0.25, -0.2) is 4.68 Å². The third-order valence-electron chi connectivity index (χ3n) is 3.96. The van der Waals surface area contributed by atoms with E-state index in [0.29, 0.717) is 16.9 Å². The van der Waals surface area contributed by atoms with Gasteiger partial charge < -0.3 is 4.90 Å². The van der Waals surface area contributed by atoms with E-state index in [-0.39, 0.29) is 16.9 Å². The van der Waals surface area contributed by atoms with Gasteiger partial charge in [-0.2, -0.15) is 0 Å². The Kier molecular flexibility index (Phi) is 4.08. The fraction of sp³-hybridized carbons (Fsp3) is 0.158. The number of anilines is 1. The molecule has 0 aliphatic heterocycles. The quantitative estimate of drug-likeness (QED) is 0.752. The number of hydrogen-bond acceptors (Lipinski definition) is 3. The van der Waals surface area contributed by atoms with E-state index in [0.717, 1.165) is 5.69 Å². The molecule has 0 fully saturated rings. The Morgan fingerprint density at radius 1 is 1.00 bits per heavy atom. The Labute approximate surface area is 140 Å². The number of aromatic amines is 1. The van der Waals surface area contributed by atoms with Crippen LogP contribution < -0.4 is 10.5 Å². The molecule has 0 atom stereocenters. The van der Waals surface area contributed by atoms with Gasteiger partial charge in [-0.15, -0.1) is 0 Å². The van der Waals surface area contributed by atoms with E-state index in [1.165, 1.54) is 4.68 Å². The van der Waals surface area contributed by atoms with Crippen LogP contribution in [0, 0.1) is 6.92 Å². The van der Waals surface area contributed by atoms with Gasteiger partial charge in [0.15, 0.2) is 5.78 Å². The molecule has 24 heavy (non-hydrogen) atoms. The SMILES string of the molecule is Cc1[nH]n(-c2ccccc2)c(=O)c1C(=O)c1ccc(N(C)C)cc1. The Bertz CT molecular complexity index is 919. The van der Waals surface area contributed by atoms with Crippen molar-refractivity contribution in [2.45, 2.75) is 6.92 Å². The third kappa shape index (κ3) is 2.76. The summed E-state index contributed by atoms with van der Waals surface area (Å²) in [4.78, 5) is 27.4. The van der Waals surface area contributed by atoms with Crippen molar-refractivity contribution in [3.05, 3.63) is 81.8 Å². The lowest BCUT2D eigenvalue weighted by Gasteiger charge is -2.12. The van der Waals surface area contributed by atoms with Crippen LogP contribution in [0.5, 0.6) is 0 Å². The number of carbonyl (C=O) groups excluding carboxylic acids is 1. The minimum atomic E-state index is -0.333. The second-order valence-corrected chi connectivity index (χ2v) is 5.86. The molecule has 3 rings (SSSR count). The molecule has 1 N–H and O–H groups in total. The first-order valence-corrected chi connectivity index (χ1v) is 7.68. The standard InChI is InChI=1S/C19H19N3O2/c1-13-17(18(23)14-9-11-15(12-10-14)21(2)3)19(24)22(20-13)16-7-5-4-6-8-16/h4-12,20H,1-3H3. The summed E-state index contributed by atoms with van der Waals surface area (Å²) in [5, 5.41) is 2.98. The minimum Gasteiger partial charge on any atom is -0.378 e. The van der Waals surface area contributed by atoms with Gasteiger partial charge in [-0.1, -0.05) is 18.2 Å². The highest BCUT2D eigenvalue weighted by molar-refractivity contribution is 6.09. The molecule has 0 bridgehead atoms. The lowest BCUT2D eigenvalue weighted by molar-refractivity contribution is 0.103. The summed E-state index contributed by atoms with van der Waals surface area (Å²) in [6.45, 7) is 1.74. The van der Waals surface area contributed by atoms with Crippen molar-refractivity contribution in [3.8, 4) is 5.69 Å². The molecule has 2 aromatic carbocycles. The molecular weight excluding hydrogens is 302 g/mol. The van der Waals surface area contributed by atoms with Gasteiger partial charge in [0.1, 0.15) is 5.56 Å². The van der Waals surface area contributed by atoms with Crippen molar-refractivity contribution in [1.29, 1.82) is 0 Å². The maximum atomic E-state index is 12.8. The topological polar surface area (TPSA) is 58.1 Å². The number of rotatable bonds is 4. The van der Waals surface area contributed by atoms with Gasteiger partial charge in [-0.05, 0) is 43.3 Å². The van der Waals surface area contributed by atoms with E-state index in [1.807, 2.05) is 61.5 Å². The van der Waals surface area contributed by atoms with Crippen molar-refractivity contribution < 1.29 is 4.79 Å². The molecule has 5 heteroatoms. The highest BCUT2D eigenvalue weighted by atomic mass is 16.2. The van der Waals surface area contributed by atoms with Crippen LogP contribution in [-0.4, -0.2) is 29.7 Å². The zero-order chi connectivity index (χ0) is 17.3. The second-order valence-electron chi connectivity index (χ2n) is 5.86. The Balaban J connectivity index is 2.02. The number of aryl methyl sites for hydroxylation is 1. The van der Waals surface area contributed by atoms with Gasteiger partial charge in [0, 0.05) is 31.0 Å². The molecule has 0 spiro atoms. The van der Waals surface area contributed by atoms with Gasteiger partial charge in [-0.3, -0.25) is 14.7 Å². The fourth-order valence-electron chi connectivity index (χ4n) is 2.63. The molecule has 0 aliphatic carbocycles. The monoisotopic (exact) mass is 321 g/mol. The van der Waals surface area contributed by atoms with Gasteiger partial charge >= 0.3 is 0 Å². The van der Waals surface area contributed by atoms with Crippen LogP contribution in [0.4, 0.5) is 5.69 Å². The number of ketones is 1. The summed E-state index contributed by atoms with van der Waals surface area (Å²) in [5.41, 5.74) is 2.61. The van der Waals surface area contributed by atoms with Crippen LogP contribution >= 0.6 is 0 Å². The maximum absolute atomic E-state index is 12.8. The summed E-state index contributed by atoms with van der Waals surface area (Å²) in [6.07, 6.45) is 0. The summed E-state index contributed by atoms with van der Waals surface area (Å²) >= 11 is 0. The van der Waals surface area contributed by atoms with Crippen molar-refractivity contribution >= 4 is 11.5 Å². The van der Waals surface area contributed by atoms with E-state index < -0.39 is 0 Å². The van der Waals surface area contributed by atoms with Crippen molar-refractivity contribution in [1.82, 2.24) is 9.78 Å². The first-order chi connectivity index (χ1) is 11.5.